The molecule has 0 amide bonds. The summed E-state index contributed by atoms with van der Waals surface area (Å²) in [6.45, 7) is 0. The fraction of sp³-hybridized carbons (Fsp3) is 0.0667. The summed E-state index contributed by atoms with van der Waals surface area (Å²) < 4.78 is 0. The van der Waals surface area contributed by atoms with Crippen molar-refractivity contribution < 1.29 is 30.0 Å². The summed E-state index contributed by atoms with van der Waals surface area (Å²) in [4.78, 5) is 22.0. The summed E-state index contributed by atoms with van der Waals surface area (Å²) in [5.41, 5.74) is 0.175. The van der Waals surface area contributed by atoms with Gasteiger partial charge in [0, 0.05) is 5.56 Å². The first-order valence-corrected chi connectivity index (χ1v) is 5.99. The molecule has 21 heavy (non-hydrogen) atoms. The highest BCUT2D eigenvalue weighted by Crippen LogP contribution is 2.36. The first-order valence-electron chi connectivity index (χ1n) is 5.99. The van der Waals surface area contributed by atoms with E-state index in [1.165, 1.54) is 30.3 Å². The molecule has 0 spiro atoms. The number of para-hydroxylation sites is 1. The molecule has 0 radical (unpaired) electrons. The Kier molecular flexibility index (Phi) is 3.91. The van der Waals surface area contributed by atoms with Crippen molar-refractivity contribution in [2.75, 3.05) is 0 Å². The lowest BCUT2D eigenvalue weighted by molar-refractivity contribution is -0.146. The molecule has 2 aromatic rings. The molecular weight excluding hydrogens is 276 g/mol. The number of aromatic hydroxyl groups is 1. The molecule has 0 aromatic heterocycles. The average molecular weight is 288 g/mol. The van der Waals surface area contributed by atoms with Crippen molar-refractivity contribution in [2.24, 2.45) is 0 Å². The Labute approximate surface area is 119 Å². The quantitative estimate of drug-likeness (QED) is 0.682. The van der Waals surface area contributed by atoms with Gasteiger partial charge in [0.15, 0.2) is 6.10 Å². The van der Waals surface area contributed by atoms with E-state index >= 15 is 0 Å². The van der Waals surface area contributed by atoms with Crippen LogP contribution in [0.4, 0.5) is 0 Å². The second-order valence-electron chi connectivity index (χ2n) is 4.33. The number of hydrogen-bond acceptors (Lipinski definition) is 4. The number of carbonyl (C=O) groups is 2. The summed E-state index contributed by atoms with van der Waals surface area (Å²) in [5.74, 6) is -3.21. The second kappa shape index (κ2) is 5.64. The number of aliphatic hydroxyl groups excluding tert-OH is 1. The largest absolute Gasteiger partial charge is 0.506 e. The lowest BCUT2D eigenvalue weighted by Gasteiger charge is -2.14. The van der Waals surface area contributed by atoms with Crippen molar-refractivity contribution in [1.82, 2.24) is 0 Å². The Morgan fingerprint density at radius 2 is 1.52 bits per heavy atom. The predicted molar refractivity (Wildman–Crippen MR) is 73.1 cm³/mol. The number of aliphatic carboxylic acids is 1. The molecule has 0 aliphatic heterocycles. The summed E-state index contributed by atoms with van der Waals surface area (Å²) in [6.07, 6.45) is -1.77. The Bertz CT molecular complexity index is 707. The number of carboxylic acid groups (broad SMARTS) is 2. The number of aliphatic hydroxyl groups is 1. The number of benzene rings is 2. The molecule has 0 bridgehead atoms. The van der Waals surface area contributed by atoms with Gasteiger partial charge in [-0.05, 0) is 17.2 Å². The maximum Gasteiger partial charge on any atom is 0.339 e. The molecule has 0 aliphatic carbocycles. The standard InChI is InChI=1S/C15H12O6/c16-12-9(6-3-7-11(12)14(18)19)8-4-1-2-5-10(8)13(17)15(20)21/h1-7,13,16-17H,(H,18,19)(H,20,21). The van der Waals surface area contributed by atoms with Gasteiger partial charge in [-0.15, -0.1) is 0 Å². The fourth-order valence-corrected chi connectivity index (χ4v) is 2.05. The Balaban J connectivity index is 2.66. The van der Waals surface area contributed by atoms with E-state index in [0.717, 1.165) is 0 Å². The van der Waals surface area contributed by atoms with Crippen LogP contribution in [0.3, 0.4) is 0 Å². The molecule has 1 atom stereocenters. The average Bonchev–Trinajstić information content (AvgIpc) is 2.46. The van der Waals surface area contributed by atoms with Crippen LogP contribution in [0.2, 0.25) is 0 Å². The Morgan fingerprint density at radius 1 is 0.905 bits per heavy atom. The van der Waals surface area contributed by atoms with Crippen molar-refractivity contribution >= 4 is 11.9 Å². The molecule has 6 heteroatoms. The molecule has 2 aromatic carbocycles. The minimum absolute atomic E-state index is 0.0721. The van der Waals surface area contributed by atoms with Gasteiger partial charge in [0.2, 0.25) is 0 Å². The smallest absolute Gasteiger partial charge is 0.339 e. The highest BCUT2D eigenvalue weighted by atomic mass is 16.4. The van der Waals surface area contributed by atoms with Gasteiger partial charge in [0.1, 0.15) is 11.3 Å². The van der Waals surface area contributed by atoms with E-state index in [2.05, 4.69) is 0 Å². The number of carboxylic acids is 2. The van der Waals surface area contributed by atoms with Crippen LogP contribution in [-0.2, 0) is 4.79 Å². The van der Waals surface area contributed by atoms with Crippen LogP contribution < -0.4 is 0 Å². The Morgan fingerprint density at radius 3 is 2.14 bits per heavy atom. The molecular formula is C15H12O6. The molecule has 0 fully saturated rings. The van der Waals surface area contributed by atoms with E-state index in [1.54, 1.807) is 12.1 Å². The second-order valence-corrected chi connectivity index (χ2v) is 4.33. The third-order valence-corrected chi connectivity index (χ3v) is 3.05. The normalized spacial score (nSPS) is 11.9. The van der Waals surface area contributed by atoms with E-state index < -0.39 is 23.8 Å². The van der Waals surface area contributed by atoms with Gasteiger partial charge in [-0.3, -0.25) is 0 Å². The van der Waals surface area contributed by atoms with Crippen LogP contribution in [0.5, 0.6) is 5.75 Å². The van der Waals surface area contributed by atoms with E-state index in [1.807, 2.05) is 0 Å². The monoisotopic (exact) mass is 288 g/mol. The van der Waals surface area contributed by atoms with Gasteiger partial charge < -0.3 is 20.4 Å². The molecule has 0 aliphatic rings. The van der Waals surface area contributed by atoms with Crippen LogP contribution in [0.15, 0.2) is 42.5 Å². The van der Waals surface area contributed by atoms with Crippen molar-refractivity contribution in [3.8, 4) is 16.9 Å². The summed E-state index contributed by atoms with van der Waals surface area (Å²) in [7, 11) is 0. The maximum atomic E-state index is 11.0. The van der Waals surface area contributed by atoms with Crippen molar-refractivity contribution in [3.63, 3.8) is 0 Å². The summed E-state index contributed by atoms with van der Waals surface area (Å²) in [5, 5.41) is 37.7. The molecule has 6 nitrogen and oxygen atoms in total. The van der Waals surface area contributed by atoms with Gasteiger partial charge in [-0.1, -0.05) is 36.4 Å². The van der Waals surface area contributed by atoms with Crippen molar-refractivity contribution in [1.29, 1.82) is 0 Å². The third-order valence-electron chi connectivity index (χ3n) is 3.05. The Hall–Kier alpha value is -2.86. The summed E-state index contributed by atoms with van der Waals surface area (Å²) in [6, 6.07) is 10.2. The highest BCUT2D eigenvalue weighted by molar-refractivity contribution is 5.94. The highest BCUT2D eigenvalue weighted by Gasteiger charge is 2.22. The molecule has 2 rings (SSSR count). The lowest BCUT2D eigenvalue weighted by atomic mass is 9.94. The SMILES string of the molecule is O=C(O)c1cccc(-c2ccccc2C(O)C(=O)O)c1O. The molecule has 108 valence electrons. The van der Waals surface area contributed by atoms with Crippen LogP contribution in [0.25, 0.3) is 11.1 Å². The topological polar surface area (TPSA) is 115 Å². The number of hydrogen-bond donors (Lipinski definition) is 4. The minimum atomic E-state index is -1.77. The zero-order valence-corrected chi connectivity index (χ0v) is 10.7. The van der Waals surface area contributed by atoms with E-state index in [4.69, 9.17) is 10.2 Å². The molecule has 1 unspecified atom stereocenters. The molecule has 0 heterocycles. The van der Waals surface area contributed by atoms with Crippen molar-refractivity contribution in [3.05, 3.63) is 53.6 Å². The van der Waals surface area contributed by atoms with E-state index in [-0.39, 0.29) is 22.3 Å². The first kappa shape index (κ1) is 14.5. The van der Waals surface area contributed by atoms with Crippen LogP contribution in [0.1, 0.15) is 22.0 Å². The van der Waals surface area contributed by atoms with Gasteiger partial charge >= 0.3 is 11.9 Å². The zero-order chi connectivity index (χ0) is 15.6. The van der Waals surface area contributed by atoms with Crippen molar-refractivity contribution in [2.45, 2.75) is 6.10 Å². The molecule has 0 saturated heterocycles. The number of phenols is 1. The van der Waals surface area contributed by atoms with Gasteiger partial charge in [0.25, 0.3) is 0 Å². The number of aromatic carboxylic acids is 1. The third kappa shape index (κ3) is 2.70. The van der Waals surface area contributed by atoms with Gasteiger partial charge in [-0.25, -0.2) is 9.59 Å². The van der Waals surface area contributed by atoms with E-state index in [9.17, 15) is 19.8 Å². The van der Waals surface area contributed by atoms with E-state index in [0.29, 0.717) is 0 Å². The number of rotatable bonds is 4. The van der Waals surface area contributed by atoms with Crippen LogP contribution in [0, 0.1) is 0 Å². The van der Waals surface area contributed by atoms with Gasteiger partial charge in [0.05, 0.1) is 0 Å². The summed E-state index contributed by atoms with van der Waals surface area (Å²) >= 11 is 0. The predicted octanol–water partition coefficient (Wildman–Crippen LogP) is 1.88. The maximum absolute atomic E-state index is 11.0. The van der Waals surface area contributed by atoms with Gasteiger partial charge in [-0.2, -0.15) is 0 Å². The minimum Gasteiger partial charge on any atom is -0.506 e. The first-order chi connectivity index (χ1) is 9.93. The van der Waals surface area contributed by atoms with Crippen LogP contribution in [-0.4, -0.2) is 32.4 Å². The lowest BCUT2D eigenvalue weighted by Crippen LogP contribution is -2.11. The molecule has 4 N–H and O–H groups in total. The fourth-order valence-electron chi connectivity index (χ4n) is 2.05. The molecule has 0 saturated carbocycles. The van der Waals surface area contributed by atoms with Crippen LogP contribution >= 0.6 is 0 Å². The zero-order valence-electron chi connectivity index (χ0n) is 10.7.